The maximum absolute atomic E-state index is 5.63. The summed E-state index contributed by atoms with van der Waals surface area (Å²) in [5.41, 5.74) is 5.10. The van der Waals surface area contributed by atoms with Crippen LogP contribution in [0.1, 0.15) is 39.1 Å². The molecule has 6 heteroatoms. The van der Waals surface area contributed by atoms with Gasteiger partial charge >= 0.3 is 0 Å². The molecule has 0 spiro atoms. The number of nitrogens with zero attached hydrogens (tertiary/aromatic N) is 2. The van der Waals surface area contributed by atoms with Crippen LogP contribution >= 0.6 is 15.9 Å². The molecule has 0 aromatic carbocycles. The topological polar surface area (TPSA) is 65.1 Å². The Morgan fingerprint density at radius 1 is 1.42 bits per heavy atom. The lowest BCUT2D eigenvalue weighted by molar-refractivity contribution is 0.0609. The molecule has 0 saturated carbocycles. The van der Waals surface area contributed by atoms with Gasteiger partial charge in [-0.25, -0.2) is 0 Å². The van der Waals surface area contributed by atoms with Gasteiger partial charge in [-0.1, -0.05) is 6.92 Å². The minimum atomic E-state index is 0.0883. The zero-order chi connectivity index (χ0) is 14.4. The molecule has 0 radical (unpaired) electrons. The Morgan fingerprint density at radius 2 is 2.11 bits per heavy atom. The van der Waals surface area contributed by atoms with E-state index in [1.54, 1.807) is 0 Å². The molecule has 1 atom stereocenters. The predicted octanol–water partition coefficient (Wildman–Crippen LogP) is 2.03. The van der Waals surface area contributed by atoms with Crippen LogP contribution in [0.15, 0.2) is 4.47 Å². The smallest absolute Gasteiger partial charge is 0.0766 e. The lowest BCUT2D eigenvalue weighted by Crippen LogP contribution is -2.41. The monoisotopic (exact) mass is 332 g/mol. The standard InChI is InChI=1S/C13H25BrN4O/c1-5-11-13(14)12(18(6-2)17-11)7-10(16-15)8-19-9(3)4/h9-10,16H,5-8,15H2,1-4H3. The summed E-state index contributed by atoms with van der Waals surface area (Å²) in [5, 5.41) is 4.59. The van der Waals surface area contributed by atoms with Gasteiger partial charge < -0.3 is 4.74 Å². The summed E-state index contributed by atoms with van der Waals surface area (Å²) >= 11 is 3.65. The summed E-state index contributed by atoms with van der Waals surface area (Å²) in [6, 6.07) is 0.0883. The molecule has 19 heavy (non-hydrogen) atoms. The highest BCUT2D eigenvalue weighted by atomic mass is 79.9. The molecular weight excluding hydrogens is 308 g/mol. The van der Waals surface area contributed by atoms with Gasteiger partial charge in [-0.3, -0.25) is 16.0 Å². The zero-order valence-corrected chi connectivity index (χ0v) is 13.8. The van der Waals surface area contributed by atoms with Crippen molar-refractivity contribution in [3.8, 4) is 0 Å². The second-order valence-electron chi connectivity index (χ2n) is 4.83. The number of aromatic nitrogens is 2. The highest BCUT2D eigenvalue weighted by molar-refractivity contribution is 9.10. The van der Waals surface area contributed by atoms with E-state index in [4.69, 9.17) is 10.6 Å². The SMILES string of the molecule is CCc1nn(CC)c(CC(COC(C)C)NN)c1Br. The number of hydrazine groups is 1. The molecular formula is C13H25BrN4O. The van der Waals surface area contributed by atoms with Gasteiger partial charge in [0.1, 0.15) is 0 Å². The van der Waals surface area contributed by atoms with Crippen molar-refractivity contribution >= 4 is 15.9 Å². The van der Waals surface area contributed by atoms with Crippen LogP contribution in [0.4, 0.5) is 0 Å². The van der Waals surface area contributed by atoms with Crippen molar-refractivity contribution in [2.75, 3.05) is 6.61 Å². The molecule has 5 nitrogen and oxygen atoms in total. The van der Waals surface area contributed by atoms with Gasteiger partial charge in [0.25, 0.3) is 0 Å². The molecule has 0 fully saturated rings. The van der Waals surface area contributed by atoms with E-state index in [1.165, 1.54) is 5.69 Å². The van der Waals surface area contributed by atoms with E-state index in [2.05, 4.69) is 40.3 Å². The third-order valence-corrected chi connectivity index (χ3v) is 3.92. The Morgan fingerprint density at radius 3 is 2.58 bits per heavy atom. The number of nitrogens with two attached hydrogens (primary N) is 1. The second kappa shape index (κ2) is 7.99. The van der Waals surface area contributed by atoms with Gasteiger partial charge in [-0.15, -0.1) is 0 Å². The summed E-state index contributed by atoms with van der Waals surface area (Å²) in [4.78, 5) is 0. The maximum atomic E-state index is 5.63. The number of halogens is 1. The van der Waals surface area contributed by atoms with Crippen molar-refractivity contribution in [2.24, 2.45) is 5.84 Å². The number of aryl methyl sites for hydroxylation is 2. The van der Waals surface area contributed by atoms with E-state index in [-0.39, 0.29) is 12.1 Å². The number of hydrogen-bond donors (Lipinski definition) is 2. The summed E-state index contributed by atoms with van der Waals surface area (Å²) in [6.45, 7) is 9.70. The van der Waals surface area contributed by atoms with Crippen LogP contribution in [-0.4, -0.2) is 28.5 Å². The summed E-state index contributed by atoms with van der Waals surface area (Å²) < 4.78 is 8.76. The Balaban J connectivity index is 2.80. The number of nitrogens with one attached hydrogen (secondary N) is 1. The Bertz CT molecular complexity index is 392. The third-order valence-electron chi connectivity index (χ3n) is 3.00. The van der Waals surface area contributed by atoms with Crippen LogP contribution in [0.25, 0.3) is 0 Å². The van der Waals surface area contributed by atoms with Crippen molar-refractivity contribution in [3.63, 3.8) is 0 Å². The fraction of sp³-hybridized carbons (Fsp3) is 0.769. The van der Waals surface area contributed by atoms with Crippen molar-refractivity contribution < 1.29 is 4.74 Å². The molecule has 110 valence electrons. The van der Waals surface area contributed by atoms with Crippen molar-refractivity contribution in [2.45, 2.75) is 59.2 Å². The average Bonchev–Trinajstić information content (AvgIpc) is 2.70. The molecule has 1 aromatic rings. The first-order chi connectivity index (χ1) is 9.03. The molecule has 0 saturated heterocycles. The summed E-state index contributed by atoms with van der Waals surface area (Å²) in [6.07, 6.45) is 1.93. The average molecular weight is 333 g/mol. The number of hydrogen-bond acceptors (Lipinski definition) is 4. The van der Waals surface area contributed by atoms with E-state index in [1.807, 2.05) is 18.5 Å². The molecule has 1 rings (SSSR count). The molecule has 1 unspecified atom stereocenters. The highest BCUT2D eigenvalue weighted by Crippen LogP contribution is 2.23. The van der Waals surface area contributed by atoms with Gasteiger partial charge in [0.15, 0.2) is 0 Å². The summed E-state index contributed by atoms with van der Waals surface area (Å²) in [7, 11) is 0. The molecule has 3 N–H and O–H groups in total. The maximum Gasteiger partial charge on any atom is 0.0766 e. The number of rotatable bonds is 8. The van der Waals surface area contributed by atoms with E-state index >= 15 is 0 Å². The lowest BCUT2D eigenvalue weighted by Gasteiger charge is -2.18. The van der Waals surface area contributed by atoms with Crippen molar-refractivity contribution in [1.29, 1.82) is 0 Å². The molecule has 1 aromatic heterocycles. The quantitative estimate of drug-likeness (QED) is 0.564. The van der Waals surface area contributed by atoms with E-state index < -0.39 is 0 Å². The van der Waals surface area contributed by atoms with Crippen LogP contribution in [0.2, 0.25) is 0 Å². The normalized spacial score (nSPS) is 13.2. The number of ether oxygens (including phenoxy) is 1. The predicted molar refractivity (Wildman–Crippen MR) is 80.9 cm³/mol. The van der Waals surface area contributed by atoms with E-state index in [9.17, 15) is 0 Å². The fourth-order valence-corrected chi connectivity index (χ4v) is 2.65. The first-order valence-electron chi connectivity index (χ1n) is 6.85. The van der Waals surface area contributed by atoms with Crippen LogP contribution in [0.3, 0.4) is 0 Å². The van der Waals surface area contributed by atoms with Gasteiger partial charge in [0, 0.05) is 19.0 Å². The van der Waals surface area contributed by atoms with Gasteiger partial charge in [0.05, 0.1) is 28.6 Å². The van der Waals surface area contributed by atoms with Crippen LogP contribution in [0.5, 0.6) is 0 Å². The van der Waals surface area contributed by atoms with Gasteiger partial charge in [-0.05, 0) is 43.1 Å². The first kappa shape index (κ1) is 16.6. The first-order valence-corrected chi connectivity index (χ1v) is 7.64. The molecule has 0 amide bonds. The van der Waals surface area contributed by atoms with Crippen LogP contribution < -0.4 is 11.3 Å². The van der Waals surface area contributed by atoms with E-state index in [0.29, 0.717) is 6.61 Å². The second-order valence-corrected chi connectivity index (χ2v) is 5.62. The Labute approximate surface area is 124 Å². The third kappa shape index (κ3) is 4.56. The van der Waals surface area contributed by atoms with Crippen molar-refractivity contribution in [1.82, 2.24) is 15.2 Å². The van der Waals surface area contributed by atoms with Crippen molar-refractivity contribution in [3.05, 3.63) is 15.9 Å². The minimum Gasteiger partial charge on any atom is -0.377 e. The molecule has 0 aliphatic heterocycles. The Kier molecular flexibility index (Phi) is 6.99. The Hall–Kier alpha value is -0.430. The highest BCUT2D eigenvalue weighted by Gasteiger charge is 2.18. The van der Waals surface area contributed by atoms with Gasteiger partial charge in [0.2, 0.25) is 0 Å². The largest absolute Gasteiger partial charge is 0.377 e. The molecule has 1 heterocycles. The molecule has 0 aliphatic carbocycles. The van der Waals surface area contributed by atoms with Gasteiger partial charge in [-0.2, -0.15) is 5.10 Å². The van der Waals surface area contributed by atoms with E-state index in [0.717, 1.165) is 29.6 Å². The fourth-order valence-electron chi connectivity index (χ4n) is 1.92. The van der Waals surface area contributed by atoms with Crippen LogP contribution in [0, 0.1) is 0 Å². The zero-order valence-electron chi connectivity index (χ0n) is 12.2. The molecule has 0 aliphatic rings. The molecule has 0 bridgehead atoms. The summed E-state index contributed by atoms with van der Waals surface area (Å²) in [5.74, 6) is 5.61. The van der Waals surface area contributed by atoms with Crippen LogP contribution in [-0.2, 0) is 24.1 Å². The minimum absolute atomic E-state index is 0.0883. The lowest BCUT2D eigenvalue weighted by atomic mass is 10.1.